The molecule has 3 aromatic carbocycles. The van der Waals surface area contributed by atoms with Crippen LogP contribution in [0.25, 0.3) is 0 Å². The summed E-state index contributed by atoms with van der Waals surface area (Å²) < 4.78 is 5.70. The Balaban J connectivity index is 1.42. The van der Waals surface area contributed by atoms with Crippen molar-refractivity contribution in [2.75, 3.05) is 17.2 Å². The fraction of sp³-hybridized carbons (Fsp3) is 0.167. The summed E-state index contributed by atoms with van der Waals surface area (Å²) in [5, 5.41) is 6.28. The lowest BCUT2D eigenvalue weighted by molar-refractivity contribution is -0.128. The van der Waals surface area contributed by atoms with Gasteiger partial charge in [0.05, 0.1) is 6.61 Å². The van der Waals surface area contributed by atoms with Gasteiger partial charge in [0.15, 0.2) is 6.10 Å². The van der Waals surface area contributed by atoms with E-state index in [0.29, 0.717) is 28.6 Å². The molecule has 0 fully saturated rings. The Morgan fingerprint density at radius 3 is 2.47 bits per heavy atom. The number of ether oxygens (including phenoxy) is 1. The number of carbonyl (C=O) groups is 2. The first kappa shape index (κ1) is 20.1. The van der Waals surface area contributed by atoms with Crippen LogP contribution >= 0.6 is 11.6 Å². The van der Waals surface area contributed by atoms with E-state index in [1.165, 1.54) is 0 Å². The van der Waals surface area contributed by atoms with E-state index in [1.54, 1.807) is 36.4 Å². The van der Waals surface area contributed by atoms with Crippen LogP contribution in [0.3, 0.4) is 0 Å². The van der Waals surface area contributed by atoms with Gasteiger partial charge in [-0.3, -0.25) is 9.59 Å². The van der Waals surface area contributed by atoms with Crippen molar-refractivity contribution in [3.63, 3.8) is 0 Å². The summed E-state index contributed by atoms with van der Waals surface area (Å²) in [4.78, 5) is 25.2. The Kier molecular flexibility index (Phi) is 5.84. The number of rotatable bonds is 4. The Hall–Kier alpha value is -3.15. The fourth-order valence-corrected chi connectivity index (χ4v) is 3.58. The molecule has 0 bridgehead atoms. The molecule has 0 aliphatic carbocycles. The van der Waals surface area contributed by atoms with Gasteiger partial charge in [-0.05, 0) is 66.4 Å². The Morgan fingerprint density at radius 1 is 0.967 bits per heavy atom. The summed E-state index contributed by atoms with van der Waals surface area (Å²) in [5.41, 5.74) is 4.67. The molecule has 4 rings (SSSR count). The molecule has 1 heterocycles. The lowest BCUT2D eigenvalue weighted by atomic mass is 9.97. The van der Waals surface area contributed by atoms with Crippen LogP contribution in [0, 0.1) is 6.92 Å². The molecule has 0 saturated heterocycles. The molecule has 152 valence electrons. The maximum Gasteiger partial charge on any atom is 0.258 e. The van der Waals surface area contributed by atoms with Gasteiger partial charge >= 0.3 is 0 Å². The molecule has 0 radical (unpaired) electrons. The van der Waals surface area contributed by atoms with Crippen LogP contribution in [-0.2, 0) is 16.0 Å². The number of fused-ring (bicyclic) bond motifs is 1. The number of amides is 2. The first-order valence-corrected chi connectivity index (χ1v) is 10.1. The van der Waals surface area contributed by atoms with Gasteiger partial charge in [-0.2, -0.15) is 0 Å². The van der Waals surface area contributed by atoms with Crippen molar-refractivity contribution in [2.24, 2.45) is 0 Å². The number of nitrogens with one attached hydrogen (secondary N) is 2. The van der Waals surface area contributed by atoms with E-state index in [1.807, 2.05) is 37.3 Å². The van der Waals surface area contributed by atoms with Gasteiger partial charge in [-0.15, -0.1) is 0 Å². The topological polar surface area (TPSA) is 67.4 Å². The number of hydrogen-bond donors (Lipinski definition) is 2. The Labute approximate surface area is 180 Å². The summed E-state index contributed by atoms with van der Waals surface area (Å²) in [6.07, 6.45) is 0.167. The van der Waals surface area contributed by atoms with Crippen LogP contribution in [0.15, 0.2) is 66.7 Å². The SMILES string of the molecule is Cc1ccc(NC(=O)c2ccc(NC(=O)[C@@H]3OCCc4ccccc43)cc2)cc1Cl. The lowest BCUT2D eigenvalue weighted by Crippen LogP contribution is -2.28. The number of halogens is 1. The molecule has 0 spiro atoms. The van der Waals surface area contributed by atoms with Crippen LogP contribution < -0.4 is 10.6 Å². The summed E-state index contributed by atoms with van der Waals surface area (Å²) >= 11 is 6.11. The highest BCUT2D eigenvalue weighted by Gasteiger charge is 2.27. The summed E-state index contributed by atoms with van der Waals surface area (Å²) in [7, 11) is 0. The summed E-state index contributed by atoms with van der Waals surface area (Å²) in [6, 6.07) is 19.9. The second-order valence-electron chi connectivity index (χ2n) is 7.18. The van der Waals surface area contributed by atoms with Crippen LogP contribution in [-0.4, -0.2) is 18.4 Å². The van der Waals surface area contributed by atoms with Crippen molar-refractivity contribution >= 4 is 34.8 Å². The van der Waals surface area contributed by atoms with Crippen molar-refractivity contribution in [1.29, 1.82) is 0 Å². The van der Waals surface area contributed by atoms with Gasteiger partial charge in [0, 0.05) is 22.0 Å². The highest BCUT2D eigenvalue weighted by Crippen LogP contribution is 2.28. The van der Waals surface area contributed by atoms with E-state index in [-0.39, 0.29) is 11.8 Å². The maximum atomic E-state index is 12.7. The molecule has 2 amide bonds. The Bertz CT molecular complexity index is 1100. The molecule has 1 atom stereocenters. The van der Waals surface area contributed by atoms with Crippen LogP contribution in [0.4, 0.5) is 11.4 Å². The largest absolute Gasteiger partial charge is 0.363 e. The maximum absolute atomic E-state index is 12.7. The fourth-order valence-electron chi connectivity index (χ4n) is 3.40. The average Bonchev–Trinajstić information content (AvgIpc) is 2.76. The third-order valence-electron chi connectivity index (χ3n) is 5.08. The van der Waals surface area contributed by atoms with E-state index in [9.17, 15) is 9.59 Å². The van der Waals surface area contributed by atoms with Gasteiger partial charge in [-0.1, -0.05) is 41.9 Å². The minimum atomic E-state index is -0.635. The van der Waals surface area contributed by atoms with E-state index < -0.39 is 6.10 Å². The Morgan fingerprint density at radius 2 is 1.70 bits per heavy atom. The standard InChI is InChI=1S/C24H21ClN2O3/c1-15-6-9-19(14-21(15)25)27-23(28)17-7-10-18(11-8-17)26-24(29)22-20-5-3-2-4-16(20)12-13-30-22/h2-11,14,22H,12-13H2,1H3,(H,26,29)(H,27,28)/t22-/m1/s1. The second-order valence-corrected chi connectivity index (χ2v) is 7.59. The zero-order valence-corrected chi connectivity index (χ0v) is 17.2. The first-order valence-electron chi connectivity index (χ1n) is 9.69. The average molecular weight is 421 g/mol. The molecule has 6 heteroatoms. The molecule has 1 aliphatic rings. The molecule has 5 nitrogen and oxygen atoms in total. The van der Waals surface area contributed by atoms with Gasteiger partial charge in [0.1, 0.15) is 0 Å². The zero-order valence-electron chi connectivity index (χ0n) is 16.4. The molecular formula is C24H21ClN2O3. The first-order chi connectivity index (χ1) is 14.5. The van der Waals surface area contributed by atoms with Crippen LogP contribution in [0.5, 0.6) is 0 Å². The van der Waals surface area contributed by atoms with Crippen molar-refractivity contribution in [3.05, 3.63) is 94.0 Å². The highest BCUT2D eigenvalue weighted by molar-refractivity contribution is 6.31. The molecule has 0 saturated carbocycles. The molecule has 3 aromatic rings. The smallest absolute Gasteiger partial charge is 0.258 e. The van der Waals surface area contributed by atoms with Gasteiger partial charge in [-0.25, -0.2) is 0 Å². The van der Waals surface area contributed by atoms with Crippen molar-refractivity contribution < 1.29 is 14.3 Å². The van der Waals surface area contributed by atoms with E-state index in [0.717, 1.165) is 23.1 Å². The lowest BCUT2D eigenvalue weighted by Gasteiger charge is -2.25. The molecule has 30 heavy (non-hydrogen) atoms. The monoisotopic (exact) mass is 420 g/mol. The highest BCUT2D eigenvalue weighted by atomic mass is 35.5. The molecule has 2 N–H and O–H groups in total. The number of carbonyl (C=O) groups excluding carboxylic acids is 2. The van der Waals surface area contributed by atoms with E-state index in [2.05, 4.69) is 10.6 Å². The quantitative estimate of drug-likeness (QED) is 0.613. The number of benzene rings is 3. The van der Waals surface area contributed by atoms with Crippen LogP contribution in [0.1, 0.15) is 33.2 Å². The van der Waals surface area contributed by atoms with E-state index >= 15 is 0 Å². The minimum absolute atomic E-state index is 0.228. The molecule has 0 aromatic heterocycles. The van der Waals surface area contributed by atoms with Gasteiger partial charge in [0.25, 0.3) is 11.8 Å². The van der Waals surface area contributed by atoms with Crippen molar-refractivity contribution in [3.8, 4) is 0 Å². The predicted molar refractivity (Wildman–Crippen MR) is 118 cm³/mol. The van der Waals surface area contributed by atoms with Crippen molar-refractivity contribution in [2.45, 2.75) is 19.4 Å². The van der Waals surface area contributed by atoms with Gasteiger partial charge in [0.2, 0.25) is 0 Å². The molecular weight excluding hydrogens is 400 g/mol. The molecule has 1 aliphatic heterocycles. The normalized spacial score (nSPS) is 15.2. The third kappa shape index (κ3) is 4.37. The molecule has 0 unspecified atom stereocenters. The minimum Gasteiger partial charge on any atom is -0.363 e. The predicted octanol–water partition coefficient (Wildman–Crippen LogP) is 5.15. The number of hydrogen-bond acceptors (Lipinski definition) is 3. The summed E-state index contributed by atoms with van der Waals surface area (Å²) in [5.74, 6) is -0.481. The zero-order chi connectivity index (χ0) is 21.1. The third-order valence-corrected chi connectivity index (χ3v) is 5.48. The second kappa shape index (κ2) is 8.69. The van der Waals surface area contributed by atoms with E-state index in [4.69, 9.17) is 16.3 Å². The number of anilines is 2. The van der Waals surface area contributed by atoms with Crippen molar-refractivity contribution in [1.82, 2.24) is 0 Å². The summed E-state index contributed by atoms with van der Waals surface area (Å²) in [6.45, 7) is 2.41. The number of aryl methyl sites for hydroxylation is 1. The van der Waals surface area contributed by atoms with Gasteiger partial charge < -0.3 is 15.4 Å². The van der Waals surface area contributed by atoms with Crippen LogP contribution in [0.2, 0.25) is 5.02 Å².